The molecule has 3 rings (SSSR count). The van der Waals surface area contributed by atoms with Crippen molar-refractivity contribution in [3.63, 3.8) is 0 Å². The highest BCUT2D eigenvalue weighted by Gasteiger charge is 2.29. The Bertz CT molecular complexity index is 902. The number of carbonyl (C=O) groups excluding carboxylic acids is 1. The zero-order valence-electron chi connectivity index (χ0n) is 15.9. The Labute approximate surface area is 161 Å². The number of rotatable bonds is 5. The topological polar surface area (TPSA) is 57.7 Å². The van der Waals surface area contributed by atoms with Crippen molar-refractivity contribution in [2.75, 3.05) is 26.2 Å². The van der Waals surface area contributed by atoms with Gasteiger partial charge in [0, 0.05) is 32.6 Å². The normalized spacial score (nSPS) is 15.7. The first-order valence-corrected chi connectivity index (χ1v) is 10.7. The van der Waals surface area contributed by atoms with Crippen LogP contribution in [0.3, 0.4) is 0 Å². The third kappa shape index (κ3) is 4.57. The standard InChI is InChI=1S/C21H26N2O3S/c1-17-8-9-19(18(2)16-17)10-11-21(24)22-12-14-23(15-13-22)27(25,26)20-6-4-3-5-7-20/h3-9,16H,10-15H2,1-2H3. The van der Waals surface area contributed by atoms with Gasteiger partial charge < -0.3 is 4.90 Å². The highest BCUT2D eigenvalue weighted by atomic mass is 32.2. The van der Waals surface area contributed by atoms with Gasteiger partial charge >= 0.3 is 0 Å². The fraction of sp³-hybridized carbons (Fsp3) is 0.381. The Kier molecular flexibility index (Phi) is 5.97. The third-order valence-corrected chi connectivity index (χ3v) is 6.99. The van der Waals surface area contributed by atoms with Gasteiger partial charge in [-0.2, -0.15) is 4.31 Å². The molecule has 0 radical (unpaired) electrons. The molecule has 1 saturated heterocycles. The van der Waals surface area contributed by atoms with Crippen LogP contribution in [0, 0.1) is 13.8 Å². The SMILES string of the molecule is Cc1ccc(CCC(=O)N2CCN(S(=O)(=O)c3ccccc3)CC2)c(C)c1. The van der Waals surface area contributed by atoms with Crippen LogP contribution in [-0.4, -0.2) is 49.7 Å². The number of sulfonamides is 1. The first kappa shape index (κ1) is 19.6. The average Bonchev–Trinajstić information content (AvgIpc) is 2.68. The monoisotopic (exact) mass is 386 g/mol. The highest BCUT2D eigenvalue weighted by molar-refractivity contribution is 7.89. The number of carbonyl (C=O) groups is 1. The lowest BCUT2D eigenvalue weighted by molar-refractivity contribution is -0.132. The smallest absolute Gasteiger partial charge is 0.243 e. The molecule has 0 bridgehead atoms. The lowest BCUT2D eigenvalue weighted by Crippen LogP contribution is -2.50. The first-order chi connectivity index (χ1) is 12.9. The summed E-state index contributed by atoms with van der Waals surface area (Å²) in [7, 11) is -3.48. The van der Waals surface area contributed by atoms with Crippen molar-refractivity contribution in [3.05, 3.63) is 65.2 Å². The maximum Gasteiger partial charge on any atom is 0.243 e. The van der Waals surface area contributed by atoms with Crippen LogP contribution in [0.15, 0.2) is 53.4 Å². The summed E-state index contributed by atoms with van der Waals surface area (Å²) in [5, 5.41) is 0. The minimum Gasteiger partial charge on any atom is -0.340 e. The van der Waals surface area contributed by atoms with E-state index in [-0.39, 0.29) is 5.91 Å². The summed E-state index contributed by atoms with van der Waals surface area (Å²) < 4.78 is 26.8. The van der Waals surface area contributed by atoms with Gasteiger partial charge in [-0.25, -0.2) is 8.42 Å². The molecule has 0 saturated carbocycles. The second-order valence-electron chi connectivity index (χ2n) is 7.03. The van der Waals surface area contributed by atoms with Crippen LogP contribution in [0.25, 0.3) is 0 Å². The second kappa shape index (κ2) is 8.23. The van der Waals surface area contributed by atoms with Crippen LogP contribution in [0.4, 0.5) is 0 Å². The van der Waals surface area contributed by atoms with Crippen molar-refractivity contribution in [2.24, 2.45) is 0 Å². The molecule has 144 valence electrons. The molecule has 1 heterocycles. The van der Waals surface area contributed by atoms with Gasteiger partial charge in [0.25, 0.3) is 0 Å². The number of nitrogens with zero attached hydrogens (tertiary/aromatic N) is 2. The zero-order valence-corrected chi connectivity index (χ0v) is 16.7. The lowest BCUT2D eigenvalue weighted by atomic mass is 10.0. The first-order valence-electron chi connectivity index (χ1n) is 9.27. The molecule has 1 amide bonds. The van der Waals surface area contributed by atoms with E-state index in [1.165, 1.54) is 21.0 Å². The van der Waals surface area contributed by atoms with Crippen LogP contribution in [0.1, 0.15) is 23.1 Å². The third-order valence-electron chi connectivity index (χ3n) is 5.08. The van der Waals surface area contributed by atoms with Crippen molar-refractivity contribution in [3.8, 4) is 0 Å². The summed E-state index contributed by atoms with van der Waals surface area (Å²) in [6.45, 7) is 5.69. The zero-order chi connectivity index (χ0) is 19.4. The number of hydrogen-bond donors (Lipinski definition) is 0. The van der Waals surface area contributed by atoms with E-state index < -0.39 is 10.0 Å². The number of amides is 1. The molecule has 1 aliphatic heterocycles. The van der Waals surface area contributed by atoms with Crippen molar-refractivity contribution in [2.45, 2.75) is 31.6 Å². The Morgan fingerprint density at radius 3 is 2.26 bits per heavy atom. The van der Waals surface area contributed by atoms with E-state index in [9.17, 15) is 13.2 Å². The van der Waals surface area contributed by atoms with E-state index in [1.807, 2.05) is 0 Å². The largest absolute Gasteiger partial charge is 0.340 e. The van der Waals surface area contributed by atoms with E-state index >= 15 is 0 Å². The van der Waals surface area contributed by atoms with Gasteiger partial charge in [0.2, 0.25) is 15.9 Å². The summed E-state index contributed by atoms with van der Waals surface area (Å²) in [6, 6.07) is 14.7. The minimum absolute atomic E-state index is 0.0896. The summed E-state index contributed by atoms with van der Waals surface area (Å²) in [6.07, 6.45) is 1.17. The fourth-order valence-electron chi connectivity index (χ4n) is 3.45. The molecule has 0 atom stereocenters. The highest BCUT2D eigenvalue weighted by Crippen LogP contribution is 2.18. The number of hydrogen-bond acceptors (Lipinski definition) is 3. The van der Waals surface area contributed by atoms with Crippen LogP contribution in [0.2, 0.25) is 0 Å². The number of benzene rings is 2. The molecular formula is C21H26N2O3S. The summed E-state index contributed by atoms with van der Waals surface area (Å²) >= 11 is 0. The van der Waals surface area contributed by atoms with Gasteiger partial charge in [0.05, 0.1) is 4.90 Å². The van der Waals surface area contributed by atoms with Gasteiger partial charge in [-0.3, -0.25) is 4.79 Å². The van der Waals surface area contributed by atoms with Crippen molar-refractivity contribution in [1.29, 1.82) is 0 Å². The Morgan fingerprint density at radius 1 is 0.963 bits per heavy atom. The summed E-state index contributed by atoms with van der Waals surface area (Å²) in [4.78, 5) is 14.6. The minimum atomic E-state index is -3.48. The van der Waals surface area contributed by atoms with E-state index in [0.29, 0.717) is 43.9 Å². The fourth-order valence-corrected chi connectivity index (χ4v) is 4.89. The van der Waals surface area contributed by atoms with Crippen molar-refractivity contribution < 1.29 is 13.2 Å². The van der Waals surface area contributed by atoms with Gasteiger partial charge in [-0.1, -0.05) is 42.0 Å². The molecule has 1 fully saturated rings. The predicted octanol–water partition coefficient (Wildman–Crippen LogP) is 2.77. The van der Waals surface area contributed by atoms with E-state index in [0.717, 1.165) is 0 Å². The number of aryl methyl sites for hydroxylation is 3. The molecule has 0 aromatic heterocycles. The molecule has 5 nitrogen and oxygen atoms in total. The van der Waals surface area contributed by atoms with Crippen LogP contribution in [-0.2, 0) is 21.2 Å². The summed E-state index contributed by atoms with van der Waals surface area (Å²) in [5.74, 6) is 0.0896. The Morgan fingerprint density at radius 2 is 1.63 bits per heavy atom. The quantitative estimate of drug-likeness (QED) is 0.794. The van der Waals surface area contributed by atoms with Crippen LogP contribution < -0.4 is 0 Å². The molecule has 27 heavy (non-hydrogen) atoms. The van der Waals surface area contributed by atoms with E-state index in [4.69, 9.17) is 0 Å². The van der Waals surface area contributed by atoms with Crippen molar-refractivity contribution >= 4 is 15.9 Å². The molecule has 2 aromatic carbocycles. The summed E-state index contributed by atoms with van der Waals surface area (Å²) in [5.41, 5.74) is 3.62. The molecule has 1 aliphatic rings. The van der Waals surface area contributed by atoms with Crippen LogP contribution >= 0.6 is 0 Å². The molecule has 0 unspecified atom stereocenters. The van der Waals surface area contributed by atoms with Crippen LogP contribution in [0.5, 0.6) is 0 Å². The van der Waals surface area contributed by atoms with Gasteiger partial charge in [0.1, 0.15) is 0 Å². The molecule has 0 aliphatic carbocycles. The average molecular weight is 387 g/mol. The second-order valence-corrected chi connectivity index (χ2v) is 8.97. The van der Waals surface area contributed by atoms with E-state index in [1.54, 1.807) is 35.2 Å². The molecular weight excluding hydrogens is 360 g/mol. The van der Waals surface area contributed by atoms with Gasteiger partial charge in [0.15, 0.2) is 0 Å². The number of piperazine rings is 1. The predicted molar refractivity (Wildman–Crippen MR) is 106 cm³/mol. The van der Waals surface area contributed by atoms with Crippen molar-refractivity contribution in [1.82, 2.24) is 9.21 Å². The Balaban J connectivity index is 1.55. The van der Waals surface area contributed by atoms with E-state index in [2.05, 4.69) is 32.0 Å². The Hall–Kier alpha value is -2.18. The maximum atomic E-state index is 12.7. The molecule has 0 N–H and O–H groups in total. The lowest BCUT2D eigenvalue weighted by Gasteiger charge is -2.34. The maximum absolute atomic E-state index is 12.7. The van der Waals surface area contributed by atoms with Gasteiger partial charge in [-0.15, -0.1) is 0 Å². The molecule has 6 heteroatoms. The molecule has 2 aromatic rings. The molecule has 0 spiro atoms. The van der Waals surface area contributed by atoms with Gasteiger partial charge in [-0.05, 0) is 43.5 Å².